The van der Waals surface area contributed by atoms with Crippen LogP contribution in [-0.2, 0) is 16.1 Å². The maximum atomic E-state index is 14.0. The van der Waals surface area contributed by atoms with E-state index in [9.17, 15) is 13.6 Å². The Morgan fingerprint density at radius 3 is 2.13 bits per heavy atom. The lowest BCUT2D eigenvalue weighted by Gasteiger charge is -2.15. The number of ether oxygens (including phenoxy) is 1. The number of carbonyl (C=O) groups excluding carboxylic acids is 1. The Balaban J connectivity index is 2.15. The highest BCUT2D eigenvalue weighted by Gasteiger charge is 2.61. The molecule has 0 heterocycles. The first kappa shape index (κ1) is 17.6. The normalized spacial score (nSPS) is 22.4. The first-order chi connectivity index (χ1) is 10.6. The molecule has 2 rings (SSSR count). The fourth-order valence-electron chi connectivity index (χ4n) is 3.35. The van der Waals surface area contributed by atoms with Gasteiger partial charge in [-0.2, -0.15) is 0 Å². The lowest BCUT2D eigenvalue weighted by molar-refractivity contribution is -0.147. The minimum Gasteiger partial charge on any atom is -0.461 e. The monoisotopic (exact) mass is 322 g/mol. The van der Waals surface area contributed by atoms with Crippen LogP contribution in [0.25, 0.3) is 0 Å². The van der Waals surface area contributed by atoms with E-state index in [1.54, 1.807) is 13.8 Å². The molecule has 0 spiro atoms. The van der Waals surface area contributed by atoms with Crippen molar-refractivity contribution in [2.24, 2.45) is 17.3 Å². The van der Waals surface area contributed by atoms with Crippen molar-refractivity contribution in [3.05, 3.63) is 46.0 Å². The maximum Gasteiger partial charge on any atom is 0.310 e. The fraction of sp³-hybridized carbons (Fsp3) is 0.526. The molecule has 0 saturated heterocycles. The first-order valence-electron chi connectivity index (χ1n) is 7.87. The zero-order chi connectivity index (χ0) is 17.5. The summed E-state index contributed by atoms with van der Waals surface area (Å²) in [5.41, 5.74) is 0.979. The Kier molecular flexibility index (Phi) is 4.65. The van der Waals surface area contributed by atoms with E-state index in [0.717, 1.165) is 0 Å². The van der Waals surface area contributed by atoms with Gasteiger partial charge in [-0.25, -0.2) is 8.78 Å². The van der Waals surface area contributed by atoms with Gasteiger partial charge in [0.1, 0.15) is 18.2 Å². The van der Waals surface area contributed by atoms with E-state index in [-0.39, 0.29) is 35.4 Å². The van der Waals surface area contributed by atoms with Gasteiger partial charge in [0.25, 0.3) is 0 Å². The van der Waals surface area contributed by atoms with Crippen molar-refractivity contribution in [1.29, 1.82) is 0 Å². The molecule has 1 fully saturated rings. The molecule has 0 unspecified atom stereocenters. The van der Waals surface area contributed by atoms with Gasteiger partial charge in [-0.15, -0.1) is 0 Å². The molecule has 4 heteroatoms. The first-order valence-corrected chi connectivity index (χ1v) is 7.87. The molecule has 0 radical (unpaired) electrons. The molecular weight excluding hydrogens is 298 g/mol. The Morgan fingerprint density at radius 1 is 1.13 bits per heavy atom. The number of halogens is 2. The zero-order valence-electron chi connectivity index (χ0n) is 14.6. The summed E-state index contributed by atoms with van der Waals surface area (Å²) in [5, 5.41) is 0. The molecule has 126 valence electrons. The predicted octanol–water partition coefficient (Wildman–Crippen LogP) is 4.78. The molecule has 1 aliphatic rings. The van der Waals surface area contributed by atoms with E-state index in [1.165, 1.54) is 6.92 Å². The van der Waals surface area contributed by atoms with Crippen LogP contribution < -0.4 is 0 Å². The van der Waals surface area contributed by atoms with Crippen molar-refractivity contribution in [1.82, 2.24) is 0 Å². The molecule has 0 aromatic heterocycles. The van der Waals surface area contributed by atoms with E-state index in [4.69, 9.17) is 4.74 Å². The summed E-state index contributed by atoms with van der Waals surface area (Å²) < 4.78 is 33.4. The van der Waals surface area contributed by atoms with Gasteiger partial charge in [-0.05, 0) is 50.2 Å². The predicted molar refractivity (Wildman–Crippen MR) is 85.9 cm³/mol. The van der Waals surface area contributed by atoms with Crippen LogP contribution in [0.1, 0.15) is 43.0 Å². The molecule has 1 aromatic rings. The van der Waals surface area contributed by atoms with Crippen LogP contribution >= 0.6 is 0 Å². The minimum absolute atomic E-state index is 0.00606. The summed E-state index contributed by atoms with van der Waals surface area (Å²) in [6.07, 6.45) is 3.94. The second kappa shape index (κ2) is 6.06. The average Bonchev–Trinajstić information content (AvgIpc) is 3.04. The van der Waals surface area contributed by atoms with Gasteiger partial charge >= 0.3 is 5.97 Å². The maximum absolute atomic E-state index is 14.0. The van der Waals surface area contributed by atoms with Crippen molar-refractivity contribution in [2.45, 2.75) is 48.1 Å². The summed E-state index contributed by atoms with van der Waals surface area (Å²) in [6, 6.07) is 0. The summed E-state index contributed by atoms with van der Waals surface area (Å²) in [4.78, 5) is 12.3. The van der Waals surface area contributed by atoms with Gasteiger partial charge in [-0.1, -0.05) is 26.0 Å². The van der Waals surface area contributed by atoms with Crippen molar-refractivity contribution >= 4 is 5.97 Å². The van der Waals surface area contributed by atoms with Gasteiger partial charge in [0.05, 0.1) is 5.92 Å². The van der Waals surface area contributed by atoms with Gasteiger partial charge in [0.2, 0.25) is 0 Å². The van der Waals surface area contributed by atoms with Crippen LogP contribution in [-0.4, -0.2) is 5.97 Å². The molecule has 0 N–H and O–H groups in total. The highest BCUT2D eigenvalue weighted by atomic mass is 19.1. The Morgan fingerprint density at radius 2 is 1.65 bits per heavy atom. The largest absolute Gasteiger partial charge is 0.461 e. The third-order valence-electron chi connectivity index (χ3n) is 5.15. The molecule has 0 aliphatic heterocycles. The molecular formula is C19H24F2O2. The summed E-state index contributed by atoms with van der Waals surface area (Å²) in [6.45, 7) is 10.4. The van der Waals surface area contributed by atoms with Crippen LogP contribution in [0.5, 0.6) is 0 Å². The van der Waals surface area contributed by atoms with Crippen LogP contribution in [0.15, 0.2) is 12.2 Å². The third-order valence-corrected chi connectivity index (χ3v) is 5.15. The van der Waals surface area contributed by atoms with E-state index in [1.807, 2.05) is 32.9 Å². The van der Waals surface area contributed by atoms with Crippen LogP contribution in [0.4, 0.5) is 8.78 Å². The molecule has 1 aromatic carbocycles. The highest BCUT2D eigenvalue weighted by molar-refractivity contribution is 5.78. The molecule has 23 heavy (non-hydrogen) atoms. The summed E-state index contributed by atoms with van der Waals surface area (Å²) >= 11 is 0. The Hall–Kier alpha value is -1.71. The van der Waals surface area contributed by atoms with Gasteiger partial charge in [0.15, 0.2) is 0 Å². The van der Waals surface area contributed by atoms with Crippen LogP contribution in [0, 0.1) is 49.7 Å². The van der Waals surface area contributed by atoms with Gasteiger partial charge in [-0.3, -0.25) is 4.79 Å². The molecule has 0 bridgehead atoms. The van der Waals surface area contributed by atoms with Gasteiger partial charge < -0.3 is 4.74 Å². The topological polar surface area (TPSA) is 26.3 Å². The molecule has 1 aliphatic carbocycles. The highest BCUT2D eigenvalue weighted by Crippen LogP contribution is 2.59. The quantitative estimate of drug-likeness (QED) is 0.589. The number of carbonyl (C=O) groups is 1. The second-order valence-corrected chi connectivity index (χ2v) is 6.94. The molecule has 2 nitrogen and oxygen atoms in total. The van der Waals surface area contributed by atoms with E-state index < -0.39 is 11.6 Å². The lowest BCUT2D eigenvalue weighted by Crippen LogP contribution is -2.13. The fourth-order valence-corrected chi connectivity index (χ4v) is 3.35. The molecule has 1 saturated carbocycles. The smallest absolute Gasteiger partial charge is 0.310 e. The summed E-state index contributed by atoms with van der Waals surface area (Å²) in [7, 11) is 0. The molecule has 0 amide bonds. The van der Waals surface area contributed by atoms with E-state index in [0.29, 0.717) is 16.7 Å². The van der Waals surface area contributed by atoms with Crippen LogP contribution in [0.3, 0.4) is 0 Å². The molecule has 2 atom stereocenters. The van der Waals surface area contributed by atoms with Crippen molar-refractivity contribution in [2.75, 3.05) is 0 Å². The lowest BCUT2D eigenvalue weighted by atomic mass is 9.98. The van der Waals surface area contributed by atoms with Crippen molar-refractivity contribution < 1.29 is 18.3 Å². The number of esters is 1. The van der Waals surface area contributed by atoms with E-state index >= 15 is 0 Å². The number of rotatable bonds is 4. The van der Waals surface area contributed by atoms with E-state index in [2.05, 4.69) is 0 Å². The number of allylic oxidation sites excluding steroid dienone is 2. The number of benzene rings is 1. The SMILES string of the molecule is CC=C[C@@H]1[C@@H](C(=O)OCc2c(C)c(F)c(C)c(F)c2C)C1(C)C. The van der Waals surface area contributed by atoms with Crippen LogP contribution in [0.2, 0.25) is 0 Å². The minimum atomic E-state index is -0.572. The number of hydrogen-bond donors (Lipinski definition) is 0. The zero-order valence-corrected chi connectivity index (χ0v) is 14.6. The third kappa shape index (κ3) is 2.91. The Bertz CT molecular complexity index is 645. The van der Waals surface area contributed by atoms with Gasteiger partial charge in [0, 0.05) is 11.1 Å². The second-order valence-electron chi connectivity index (χ2n) is 6.94. The van der Waals surface area contributed by atoms with Crippen molar-refractivity contribution in [3.63, 3.8) is 0 Å². The summed E-state index contributed by atoms with van der Waals surface area (Å²) in [5.74, 6) is -1.48. The Labute approximate surface area is 136 Å². The standard InChI is InChI=1S/C19H24F2O2/c1-7-8-14-15(19(14,5)6)18(22)23-9-13-10(2)16(20)12(4)17(21)11(13)3/h7-8,14-15H,9H2,1-6H3/t14-,15+/m1/s1. The number of hydrogen-bond acceptors (Lipinski definition) is 2. The van der Waals surface area contributed by atoms with Crippen molar-refractivity contribution in [3.8, 4) is 0 Å². The average molecular weight is 322 g/mol.